The second kappa shape index (κ2) is 11.1. The van der Waals surface area contributed by atoms with Gasteiger partial charge >= 0.3 is 0 Å². The monoisotopic (exact) mass is 496 g/mol. The summed E-state index contributed by atoms with van der Waals surface area (Å²) in [5, 5.41) is 41.5. The number of hydrogen-bond acceptors (Lipinski definition) is 9. The third kappa shape index (κ3) is 5.06. The van der Waals surface area contributed by atoms with Gasteiger partial charge in [-0.1, -0.05) is 24.8 Å². The van der Waals surface area contributed by atoms with Crippen LogP contribution in [0.2, 0.25) is 0 Å². The molecule has 190 valence electrons. The van der Waals surface area contributed by atoms with Crippen LogP contribution in [0, 0.1) is 0 Å². The van der Waals surface area contributed by atoms with Gasteiger partial charge in [0, 0.05) is 17.0 Å². The molecule has 9 heteroatoms. The van der Waals surface area contributed by atoms with Crippen molar-refractivity contribution in [2.75, 3.05) is 20.3 Å². The second-order valence-corrected chi connectivity index (χ2v) is 8.35. The van der Waals surface area contributed by atoms with Crippen LogP contribution >= 0.6 is 0 Å². The molecule has 1 aliphatic rings. The van der Waals surface area contributed by atoms with Gasteiger partial charge in [-0.3, -0.25) is 4.79 Å². The highest BCUT2D eigenvalue weighted by Crippen LogP contribution is 2.40. The quantitative estimate of drug-likeness (QED) is 0.200. The van der Waals surface area contributed by atoms with Crippen LogP contribution in [0.25, 0.3) is 17.0 Å². The average molecular weight is 497 g/mol. The Morgan fingerprint density at radius 3 is 2.61 bits per heavy atom. The highest BCUT2D eigenvalue weighted by molar-refractivity contribution is 6.09. The lowest BCUT2D eigenvalue weighted by Gasteiger charge is -2.40. The SMILES string of the molecule is C=CCOc1cc(OC)c(C2OC(CO)C(O)C(O)C2O)cc1C(=O)C=Cc1ccc2occc2c1. The number of aliphatic hydroxyl groups is 4. The van der Waals surface area contributed by atoms with Crippen molar-refractivity contribution in [2.45, 2.75) is 30.5 Å². The van der Waals surface area contributed by atoms with Crippen molar-refractivity contribution >= 4 is 22.8 Å². The normalized spacial score (nSPS) is 24.2. The number of carbonyl (C=O) groups is 1. The number of ether oxygens (including phenoxy) is 3. The molecule has 36 heavy (non-hydrogen) atoms. The van der Waals surface area contributed by atoms with Crippen LogP contribution in [0.5, 0.6) is 11.5 Å². The molecule has 1 saturated heterocycles. The van der Waals surface area contributed by atoms with Gasteiger partial charge in [-0.15, -0.1) is 0 Å². The molecule has 1 aliphatic heterocycles. The lowest BCUT2D eigenvalue weighted by molar-refractivity contribution is -0.232. The zero-order chi connectivity index (χ0) is 25.8. The standard InChI is InChI=1S/C27H28O9/c1-3-9-34-22-13-21(33-2)18(27-26(32)25(31)24(30)23(14-28)36-27)12-17(22)19(29)6-4-15-5-7-20-16(11-15)8-10-35-20/h3-8,10-13,23-28,30-32H,1,9,14H2,2H3. The van der Waals surface area contributed by atoms with E-state index in [1.807, 2.05) is 24.3 Å². The Morgan fingerprint density at radius 2 is 1.89 bits per heavy atom. The van der Waals surface area contributed by atoms with Gasteiger partial charge in [-0.25, -0.2) is 0 Å². The molecule has 3 aromatic rings. The van der Waals surface area contributed by atoms with Crippen LogP contribution in [-0.2, 0) is 4.74 Å². The number of benzene rings is 2. The van der Waals surface area contributed by atoms with Crippen molar-refractivity contribution in [2.24, 2.45) is 0 Å². The Kier molecular flexibility index (Phi) is 7.88. The number of furan rings is 1. The number of fused-ring (bicyclic) bond motifs is 1. The fourth-order valence-corrected chi connectivity index (χ4v) is 4.15. The predicted octanol–water partition coefficient (Wildman–Crippen LogP) is 2.42. The molecule has 1 fully saturated rings. The molecule has 0 saturated carbocycles. The number of rotatable bonds is 9. The molecule has 4 rings (SSSR count). The van der Waals surface area contributed by atoms with Gasteiger partial charge in [0.15, 0.2) is 5.78 Å². The van der Waals surface area contributed by atoms with Crippen molar-refractivity contribution in [1.82, 2.24) is 0 Å². The van der Waals surface area contributed by atoms with Crippen molar-refractivity contribution in [1.29, 1.82) is 0 Å². The summed E-state index contributed by atoms with van der Waals surface area (Å²) in [6.07, 6.45) is -0.790. The maximum absolute atomic E-state index is 13.3. The van der Waals surface area contributed by atoms with Crippen molar-refractivity contribution in [3.05, 3.63) is 78.1 Å². The first kappa shape index (κ1) is 25.6. The van der Waals surface area contributed by atoms with E-state index >= 15 is 0 Å². The van der Waals surface area contributed by atoms with Crippen LogP contribution in [0.15, 0.2) is 65.8 Å². The van der Waals surface area contributed by atoms with E-state index in [4.69, 9.17) is 18.6 Å². The first-order valence-electron chi connectivity index (χ1n) is 11.3. The number of carbonyl (C=O) groups excluding carboxylic acids is 1. The maximum Gasteiger partial charge on any atom is 0.189 e. The summed E-state index contributed by atoms with van der Waals surface area (Å²) in [5.41, 5.74) is 1.92. The third-order valence-corrected chi connectivity index (χ3v) is 6.06. The molecule has 9 nitrogen and oxygen atoms in total. The lowest BCUT2D eigenvalue weighted by atomic mass is 9.89. The van der Waals surface area contributed by atoms with Gasteiger partial charge in [0.2, 0.25) is 0 Å². The minimum atomic E-state index is -1.58. The smallest absolute Gasteiger partial charge is 0.189 e. The fourth-order valence-electron chi connectivity index (χ4n) is 4.15. The lowest BCUT2D eigenvalue weighted by Crippen LogP contribution is -2.55. The van der Waals surface area contributed by atoms with E-state index < -0.39 is 42.9 Å². The second-order valence-electron chi connectivity index (χ2n) is 8.35. The Labute approximate surface area is 207 Å². The predicted molar refractivity (Wildman–Crippen MR) is 131 cm³/mol. The molecule has 0 radical (unpaired) electrons. The summed E-state index contributed by atoms with van der Waals surface area (Å²) in [6, 6.07) is 10.3. The van der Waals surface area contributed by atoms with E-state index in [1.54, 1.807) is 12.3 Å². The van der Waals surface area contributed by atoms with Crippen LogP contribution in [0.1, 0.15) is 27.6 Å². The molecule has 5 unspecified atom stereocenters. The average Bonchev–Trinajstić information content (AvgIpc) is 3.37. The summed E-state index contributed by atoms with van der Waals surface area (Å²) in [5.74, 6) is 0.0548. The van der Waals surface area contributed by atoms with Crippen LogP contribution < -0.4 is 9.47 Å². The maximum atomic E-state index is 13.3. The van der Waals surface area contributed by atoms with Crippen molar-refractivity contribution in [3.63, 3.8) is 0 Å². The fraction of sp³-hybridized carbons (Fsp3) is 0.296. The summed E-state index contributed by atoms with van der Waals surface area (Å²) in [4.78, 5) is 13.3. The molecule has 0 spiro atoms. The van der Waals surface area contributed by atoms with E-state index in [1.165, 1.54) is 31.4 Å². The Morgan fingerprint density at radius 1 is 1.08 bits per heavy atom. The van der Waals surface area contributed by atoms with Crippen LogP contribution in [0.4, 0.5) is 0 Å². The summed E-state index contributed by atoms with van der Waals surface area (Å²) in [7, 11) is 1.40. The zero-order valence-corrected chi connectivity index (χ0v) is 19.6. The molecule has 0 amide bonds. The van der Waals surface area contributed by atoms with E-state index in [2.05, 4.69) is 6.58 Å². The number of hydrogen-bond donors (Lipinski definition) is 4. The molecule has 0 aliphatic carbocycles. The number of methoxy groups -OCH3 is 1. The van der Waals surface area contributed by atoms with Gasteiger partial charge < -0.3 is 39.1 Å². The van der Waals surface area contributed by atoms with E-state index in [9.17, 15) is 25.2 Å². The number of ketones is 1. The third-order valence-electron chi connectivity index (χ3n) is 6.06. The minimum absolute atomic E-state index is 0.129. The number of allylic oxidation sites excluding steroid dienone is 1. The number of aliphatic hydroxyl groups excluding tert-OH is 4. The minimum Gasteiger partial charge on any atom is -0.496 e. The molecule has 5 atom stereocenters. The van der Waals surface area contributed by atoms with Gasteiger partial charge in [0.1, 0.15) is 54.2 Å². The van der Waals surface area contributed by atoms with Crippen LogP contribution in [-0.4, -0.2) is 70.9 Å². The van der Waals surface area contributed by atoms with E-state index in [-0.39, 0.29) is 29.2 Å². The van der Waals surface area contributed by atoms with E-state index in [0.29, 0.717) is 0 Å². The van der Waals surface area contributed by atoms with Crippen LogP contribution in [0.3, 0.4) is 0 Å². The first-order valence-corrected chi connectivity index (χ1v) is 11.3. The van der Waals surface area contributed by atoms with E-state index in [0.717, 1.165) is 16.5 Å². The molecule has 0 bridgehead atoms. The molecule has 2 heterocycles. The molecule has 4 N–H and O–H groups in total. The molecule has 2 aromatic carbocycles. The first-order chi connectivity index (χ1) is 17.4. The summed E-state index contributed by atoms with van der Waals surface area (Å²) in [6.45, 7) is 3.18. The molecule has 1 aromatic heterocycles. The van der Waals surface area contributed by atoms with Gasteiger partial charge in [0.05, 0.1) is 25.5 Å². The van der Waals surface area contributed by atoms with Crippen molar-refractivity contribution in [3.8, 4) is 11.5 Å². The largest absolute Gasteiger partial charge is 0.496 e. The Balaban J connectivity index is 1.72. The zero-order valence-electron chi connectivity index (χ0n) is 19.6. The van der Waals surface area contributed by atoms with Gasteiger partial charge in [0.25, 0.3) is 0 Å². The molecular formula is C27H28O9. The topological polar surface area (TPSA) is 139 Å². The highest BCUT2D eigenvalue weighted by atomic mass is 16.5. The Hall–Kier alpha value is -3.47. The summed E-state index contributed by atoms with van der Waals surface area (Å²) < 4.78 is 22.2. The highest BCUT2D eigenvalue weighted by Gasteiger charge is 2.45. The van der Waals surface area contributed by atoms with Gasteiger partial charge in [-0.05, 0) is 35.9 Å². The summed E-state index contributed by atoms with van der Waals surface area (Å²) >= 11 is 0. The Bertz CT molecular complexity index is 1260. The van der Waals surface area contributed by atoms with Crippen molar-refractivity contribution < 1.29 is 43.8 Å². The van der Waals surface area contributed by atoms with Gasteiger partial charge in [-0.2, -0.15) is 0 Å². The molecular weight excluding hydrogens is 468 g/mol.